The van der Waals surface area contributed by atoms with Crippen LogP contribution in [0.4, 0.5) is 10.1 Å². The normalized spacial score (nSPS) is 8.93. The molecular formula is C8H8FN3OS. The third-order valence-corrected chi connectivity index (χ3v) is 1.57. The van der Waals surface area contributed by atoms with Gasteiger partial charge in [-0.1, -0.05) is 12.1 Å². The molecule has 6 heteroatoms. The van der Waals surface area contributed by atoms with Crippen molar-refractivity contribution in [1.29, 1.82) is 0 Å². The predicted molar refractivity (Wildman–Crippen MR) is 55.0 cm³/mol. The van der Waals surface area contributed by atoms with Gasteiger partial charge in [0.05, 0.1) is 5.69 Å². The Kier molecular flexibility index (Phi) is 3.81. The minimum absolute atomic E-state index is 0.113. The van der Waals surface area contributed by atoms with Crippen LogP contribution < -0.4 is 16.2 Å². The second kappa shape index (κ2) is 5.13. The van der Waals surface area contributed by atoms with Gasteiger partial charge in [-0.2, -0.15) is 0 Å². The fourth-order valence-electron chi connectivity index (χ4n) is 0.811. The summed E-state index contributed by atoms with van der Waals surface area (Å²) < 4.78 is 13.0. The molecule has 0 heterocycles. The molecule has 1 aromatic carbocycles. The molecule has 0 unspecified atom stereocenters. The van der Waals surface area contributed by atoms with Crippen LogP contribution in [-0.2, 0) is 4.79 Å². The summed E-state index contributed by atoms with van der Waals surface area (Å²) in [4.78, 5) is 9.89. The first-order valence-electron chi connectivity index (χ1n) is 3.74. The lowest BCUT2D eigenvalue weighted by atomic mass is 10.3. The van der Waals surface area contributed by atoms with Crippen LogP contribution >= 0.6 is 12.2 Å². The Bertz CT molecular complexity index is 345. The van der Waals surface area contributed by atoms with Gasteiger partial charge >= 0.3 is 0 Å². The van der Waals surface area contributed by atoms with E-state index in [0.29, 0.717) is 6.41 Å². The fourth-order valence-corrected chi connectivity index (χ4v) is 0.980. The number of amides is 1. The summed E-state index contributed by atoms with van der Waals surface area (Å²) in [6.07, 6.45) is 0.426. The molecule has 0 fully saturated rings. The number of hydrazine groups is 1. The first kappa shape index (κ1) is 10.4. The first-order valence-corrected chi connectivity index (χ1v) is 4.15. The van der Waals surface area contributed by atoms with E-state index in [-0.39, 0.29) is 10.8 Å². The summed E-state index contributed by atoms with van der Waals surface area (Å²) in [5.74, 6) is -0.414. The van der Waals surface area contributed by atoms with E-state index in [4.69, 9.17) is 12.2 Å². The molecule has 0 aliphatic carbocycles. The molecule has 4 nitrogen and oxygen atoms in total. The lowest BCUT2D eigenvalue weighted by Gasteiger charge is -2.09. The number of halogens is 1. The van der Waals surface area contributed by atoms with Crippen LogP contribution in [0.3, 0.4) is 0 Å². The van der Waals surface area contributed by atoms with E-state index in [1.54, 1.807) is 12.1 Å². The Morgan fingerprint density at radius 3 is 2.79 bits per heavy atom. The summed E-state index contributed by atoms with van der Waals surface area (Å²) in [6.45, 7) is 0. The molecule has 74 valence electrons. The summed E-state index contributed by atoms with van der Waals surface area (Å²) >= 11 is 4.75. The van der Waals surface area contributed by atoms with E-state index >= 15 is 0 Å². The Morgan fingerprint density at radius 2 is 2.14 bits per heavy atom. The quantitative estimate of drug-likeness (QED) is 0.394. The highest BCUT2D eigenvalue weighted by atomic mass is 32.1. The molecular weight excluding hydrogens is 205 g/mol. The molecule has 1 amide bonds. The van der Waals surface area contributed by atoms with Crippen molar-refractivity contribution in [2.45, 2.75) is 0 Å². The Morgan fingerprint density at radius 1 is 1.43 bits per heavy atom. The van der Waals surface area contributed by atoms with Crippen LogP contribution in [-0.4, -0.2) is 11.5 Å². The highest BCUT2D eigenvalue weighted by Gasteiger charge is 2.01. The second-order valence-electron chi connectivity index (χ2n) is 2.32. The van der Waals surface area contributed by atoms with E-state index in [1.807, 2.05) is 0 Å². The van der Waals surface area contributed by atoms with Gasteiger partial charge in [-0.05, 0) is 24.4 Å². The van der Waals surface area contributed by atoms with E-state index in [0.717, 1.165) is 0 Å². The Labute approximate surface area is 85.5 Å². The summed E-state index contributed by atoms with van der Waals surface area (Å²) in [7, 11) is 0. The second-order valence-corrected chi connectivity index (χ2v) is 2.73. The monoisotopic (exact) mass is 213 g/mol. The maximum atomic E-state index is 13.0. The lowest BCUT2D eigenvalue weighted by molar-refractivity contribution is -0.110. The number of hydrogen-bond donors (Lipinski definition) is 3. The number of hydrogen-bond acceptors (Lipinski definition) is 2. The summed E-state index contributed by atoms with van der Waals surface area (Å²) in [5, 5.41) is 2.68. The van der Waals surface area contributed by atoms with Crippen LogP contribution in [0, 0.1) is 5.82 Å². The molecule has 14 heavy (non-hydrogen) atoms. The van der Waals surface area contributed by atoms with Crippen molar-refractivity contribution in [2.75, 3.05) is 5.32 Å². The van der Waals surface area contributed by atoms with E-state index < -0.39 is 5.82 Å². The number of para-hydroxylation sites is 1. The number of nitrogens with one attached hydrogen (secondary N) is 3. The van der Waals surface area contributed by atoms with E-state index in [2.05, 4.69) is 16.2 Å². The van der Waals surface area contributed by atoms with Gasteiger partial charge in [0.25, 0.3) is 0 Å². The SMILES string of the molecule is O=CNNC(=S)Nc1ccccc1F. The van der Waals surface area contributed by atoms with Gasteiger partial charge in [-0.3, -0.25) is 15.6 Å². The molecule has 0 radical (unpaired) electrons. The highest BCUT2D eigenvalue weighted by Crippen LogP contribution is 2.11. The maximum Gasteiger partial charge on any atom is 0.225 e. The molecule has 1 rings (SSSR count). The Hall–Kier alpha value is -1.69. The zero-order valence-electron chi connectivity index (χ0n) is 7.08. The van der Waals surface area contributed by atoms with Crippen molar-refractivity contribution in [3.05, 3.63) is 30.1 Å². The minimum atomic E-state index is -0.414. The van der Waals surface area contributed by atoms with Crippen LogP contribution in [0.25, 0.3) is 0 Å². The predicted octanol–water partition coefficient (Wildman–Crippen LogP) is 0.773. The van der Waals surface area contributed by atoms with Crippen molar-refractivity contribution >= 4 is 29.4 Å². The zero-order valence-corrected chi connectivity index (χ0v) is 7.90. The topological polar surface area (TPSA) is 53.2 Å². The maximum absolute atomic E-state index is 13.0. The van der Waals surface area contributed by atoms with Gasteiger partial charge < -0.3 is 5.32 Å². The van der Waals surface area contributed by atoms with E-state index in [9.17, 15) is 9.18 Å². The van der Waals surface area contributed by atoms with Gasteiger partial charge in [-0.15, -0.1) is 0 Å². The fraction of sp³-hybridized carbons (Fsp3) is 0. The molecule has 0 aromatic heterocycles. The van der Waals surface area contributed by atoms with Gasteiger partial charge in [0.2, 0.25) is 6.41 Å². The van der Waals surface area contributed by atoms with Gasteiger partial charge in [0, 0.05) is 0 Å². The number of anilines is 1. The minimum Gasteiger partial charge on any atom is -0.329 e. The molecule has 0 saturated carbocycles. The summed E-state index contributed by atoms with van der Waals surface area (Å²) in [5.41, 5.74) is 4.72. The molecule has 0 aliphatic rings. The van der Waals surface area contributed by atoms with Gasteiger partial charge in [-0.25, -0.2) is 4.39 Å². The van der Waals surface area contributed by atoms with Crippen LogP contribution in [0.2, 0.25) is 0 Å². The van der Waals surface area contributed by atoms with Crippen molar-refractivity contribution in [3.8, 4) is 0 Å². The molecule has 0 atom stereocenters. The number of carbonyl (C=O) groups excluding carboxylic acids is 1. The molecule has 1 aromatic rings. The molecule has 3 N–H and O–H groups in total. The van der Waals surface area contributed by atoms with Crippen LogP contribution in [0.5, 0.6) is 0 Å². The number of carbonyl (C=O) groups is 1. The zero-order chi connectivity index (χ0) is 10.4. The largest absolute Gasteiger partial charge is 0.329 e. The van der Waals surface area contributed by atoms with E-state index in [1.165, 1.54) is 12.1 Å². The van der Waals surface area contributed by atoms with Crippen molar-refractivity contribution in [3.63, 3.8) is 0 Å². The lowest BCUT2D eigenvalue weighted by Crippen LogP contribution is -2.39. The van der Waals surface area contributed by atoms with Crippen molar-refractivity contribution in [2.24, 2.45) is 0 Å². The third kappa shape index (κ3) is 2.98. The molecule has 0 bridgehead atoms. The number of thiocarbonyl (C=S) groups is 1. The highest BCUT2D eigenvalue weighted by molar-refractivity contribution is 7.80. The number of rotatable bonds is 3. The molecule has 0 aliphatic heterocycles. The number of benzene rings is 1. The molecule has 0 saturated heterocycles. The average Bonchev–Trinajstić information content (AvgIpc) is 2.18. The third-order valence-electron chi connectivity index (χ3n) is 1.37. The average molecular weight is 213 g/mol. The van der Waals surface area contributed by atoms with Crippen molar-refractivity contribution < 1.29 is 9.18 Å². The molecule has 0 spiro atoms. The van der Waals surface area contributed by atoms with Crippen LogP contribution in [0.15, 0.2) is 24.3 Å². The first-order chi connectivity index (χ1) is 6.74. The van der Waals surface area contributed by atoms with Gasteiger partial charge in [0.15, 0.2) is 5.11 Å². The van der Waals surface area contributed by atoms with Crippen molar-refractivity contribution in [1.82, 2.24) is 10.9 Å². The standard InChI is InChI=1S/C8H8FN3OS/c9-6-3-1-2-4-7(6)11-8(14)12-10-5-13/h1-5H,(H,10,13)(H2,11,12,14). The summed E-state index contributed by atoms with van der Waals surface area (Å²) in [6, 6.07) is 6.07. The Balaban J connectivity index is 2.56. The smallest absolute Gasteiger partial charge is 0.225 e. The van der Waals surface area contributed by atoms with Crippen LogP contribution in [0.1, 0.15) is 0 Å². The van der Waals surface area contributed by atoms with Gasteiger partial charge in [0.1, 0.15) is 5.82 Å².